The third-order valence-electron chi connectivity index (χ3n) is 7.59. The zero-order valence-corrected chi connectivity index (χ0v) is 27.1. The fourth-order valence-electron chi connectivity index (χ4n) is 5.33. The maximum absolute atomic E-state index is 14.0. The summed E-state index contributed by atoms with van der Waals surface area (Å²) in [4.78, 5) is 41.2. The normalized spacial score (nSPS) is 17.0. The standard InChI is InChI=1S/C31H31ClF3N5O6S/c1-30(2,3)46-28(44)39-9-8-38(14-21(39)16-41)25(42)15-40-27(43)26(47-29(40)45)22(17-5-7-24-19(10-17)13-36-37-24)11-18-4-6-20(32)12-23(18)31(33,34)35/h4-7,10,12-13,21,41,43H,8-9,11,14-16H2,1-3H3/t21-/m1/s1. The molecule has 2 aromatic carbocycles. The minimum Gasteiger partial charge on any atom is -0.493 e. The Labute approximate surface area is 275 Å². The highest BCUT2D eigenvalue weighted by Gasteiger charge is 2.36. The summed E-state index contributed by atoms with van der Waals surface area (Å²) in [6, 6.07) is 7.50. The molecule has 5 rings (SSSR count). The van der Waals surface area contributed by atoms with Gasteiger partial charge in [-0.15, -0.1) is 0 Å². The molecule has 0 aliphatic carbocycles. The number of piperazine rings is 1. The molecule has 2 N–H and O–H groups in total. The smallest absolute Gasteiger partial charge is 0.416 e. The number of ether oxygens (including phenoxy) is 1. The van der Waals surface area contributed by atoms with Crippen LogP contribution in [0, 0.1) is 0 Å². The van der Waals surface area contributed by atoms with Crippen molar-refractivity contribution in [1.29, 1.82) is 0 Å². The second-order valence-electron chi connectivity index (χ2n) is 12.0. The van der Waals surface area contributed by atoms with Crippen LogP contribution in [0.5, 0.6) is 5.88 Å². The summed E-state index contributed by atoms with van der Waals surface area (Å²) in [5.41, 5.74) is -1.07. The molecule has 3 heterocycles. The van der Waals surface area contributed by atoms with E-state index in [1.54, 1.807) is 39.0 Å². The molecule has 0 bridgehead atoms. The molecule has 2 aliphatic rings. The maximum atomic E-state index is 14.0. The highest BCUT2D eigenvalue weighted by atomic mass is 35.5. The molecule has 47 heavy (non-hydrogen) atoms. The summed E-state index contributed by atoms with van der Waals surface area (Å²) in [6.45, 7) is 4.20. The van der Waals surface area contributed by atoms with Crippen molar-refractivity contribution in [1.82, 2.24) is 14.4 Å². The van der Waals surface area contributed by atoms with E-state index in [9.17, 15) is 37.8 Å². The van der Waals surface area contributed by atoms with E-state index in [4.69, 9.17) is 16.3 Å². The first kappa shape index (κ1) is 34.1. The quantitative estimate of drug-likeness (QED) is 0.407. The van der Waals surface area contributed by atoms with Gasteiger partial charge in [-0.3, -0.25) is 19.1 Å². The van der Waals surface area contributed by atoms with Gasteiger partial charge < -0.3 is 19.8 Å². The molecule has 16 heteroatoms. The Hall–Kier alpha value is -4.21. The third-order valence-corrected chi connectivity index (χ3v) is 8.86. The lowest BCUT2D eigenvalue weighted by atomic mass is 9.96. The van der Waals surface area contributed by atoms with Gasteiger partial charge in [0.15, 0.2) is 0 Å². The van der Waals surface area contributed by atoms with E-state index in [1.165, 1.54) is 28.1 Å². The van der Waals surface area contributed by atoms with E-state index >= 15 is 0 Å². The van der Waals surface area contributed by atoms with E-state index in [0.29, 0.717) is 27.5 Å². The molecule has 0 unspecified atom stereocenters. The number of halogens is 4. The number of amides is 2. The van der Waals surface area contributed by atoms with E-state index in [2.05, 4.69) is 10.2 Å². The van der Waals surface area contributed by atoms with Crippen molar-refractivity contribution >= 4 is 46.7 Å². The lowest BCUT2D eigenvalue weighted by Gasteiger charge is -2.41. The van der Waals surface area contributed by atoms with Crippen LogP contribution in [0.2, 0.25) is 5.02 Å². The highest BCUT2D eigenvalue weighted by Crippen LogP contribution is 2.37. The van der Waals surface area contributed by atoms with Gasteiger partial charge in [-0.05, 0) is 61.4 Å². The first-order valence-corrected chi connectivity index (χ1v) is 15.7. The zero-order chi connectivity index (χ0) is 34.3. The molecule has 250 valence electrons. The molecule has 2 aliphatic heterocycles. The Bertz CT molecular complexity index is 1930. The summed E-state index contributed by atoms with van der Waals surface area (Å²) in [7, 11) is 0. The van der Waals surface area contributed by atoms with Crippen LogP contribution in [0.3, 0.4) is 0 Å². The van der Waals surface area contributed by atoms with Gasteiger partial charge in [-0.25, -0.2) is 4.79 Å². The number of nitrogens with zero attached hydrogens (tertiary/aromatic N) is 5. The van der Waals surface area contributed by atoms with E-state index in [0.717, 1.165) is 10.6 Å². The van der Waals surface area contributed by atoms with Gasteiger partial charge in [-0.2, -0.15) is 23.4 Å². The third kappa shape index (κ3) is 7.52. The highest BCUT2D eigenvalue weighted by molar-refractivity contribution is 7.10. The maximum Gasteiger partial charge on any atom is 0.416 e. The van der Waals surface area contributed by atoms with Crippen LogP contribution >= 0.6 is 22.9 Å². The predicted octanol–water partition coefficient (Wildman–Crippen LogP) is 3.14. The van der Waals surface area contributed by atoms with Crippen LogP contribution in [-0.2, 0) is 28.7 Å². The number of carbonyl (C=O) groups excluding carboxylic acids is 2. The summed E-state index contributed by atoms with van der Waals surface area (Å²) in [5.74, 6) is -1.15. The largest absolute Gasteiger partial charge is 0.493 e. The molecule has 0 saturated carbocycles. The number of benzene rings is 2. The lowest BCUT2D eigenvalue weighted by molar-refractivity contribution is -0.138. The van der Waals surface area contributed by atoms with E-state index in [-0.39, 0.29) is 47.1 Å². The summed E-state index contributed by atoms with van der Waals surface area (Å²) < 4.78 is 48.4. The minimum absolute atomic E-state index is 0.0133. The molecule has 0 spiro atoms. The number of aromatic hydroxyl groups is 1. The molecule has 11 nitrogen and oxygen atoms in total. The number of alkyl halides is 3. The van der Waals surface area contributed by atoms with Gasteiger partial charge in [0.25, 0.3) is 0 Å². The number of aliphatic hydroxyl groups is 1. The van der Waals surface area contributed by atoms with Crippen molar-refractivity contribution in [3.05, 3.63) is 83.2 Å². The first-order chi connectivity index (χ1) is 22.1. The van der Waals surface area contributed by atoms with Crippen molar-refractivity contribution in [2.75, 3.05) is 26.2 Å². The van der Waals surface area contributed by atoms with E-state index in [1.807, 2.05) is 0 Å². The second kappa shape index (κ2) is 13.1. The average Bonchev–Trinajstić information content (AvgIpc) is 3.58. The lowest BCUT2D eigenvalue weighted by Crippen LogP contribution is -2.59. The van der Waals surface area contributed by atoms with Crippen LogP contribution in [0.25, 0.3) is 5.57 Å². The van der Waals surface area contributed by atoms with Gasteiger partial charge in [0.2, 0.25) is 11.8 Å². The van der Waals surface area contributed by atoms with Gasteiger partial charge in [0, 0.05) is 36.6 Å². The van der Waals surface area contributed by atoms with Crippen LogP contribution in [0.1, 0.15) is 42.3 Å². The number of aliphatic hydroxyl groups excluding tert-OH is 1. The van der Waals surface area contributed by atoms with Crippen LogP contribution in [0.4, 0.5) is 18.0 Å². The number of hydrogen-bond acceptors (Lipinski definition) is 9. The average molecular weight is 694 g/mol. The van der Waals surface area contributed by atoms with Crippen LogP contribution < -0.4 is 15.4 Å². The summed E-state index contributed by atoms with van der Waals surface area (Å²) in [6.07, 6.45) is -4.23. The van der Waals surface area contributed by atoms with Crippen molar-refractivity contribution in [2.45, 2.75) is 51.6 Å². The number of hydrogen-bond donors (Lipinski definition) is 2. The van der Waals surface area contributed by atoms with Crippen molar-refractivity contribution in [3.63, 3.8) is 0 Å². The number of carbonyl (C=O) groups is 2. The molecule has 1 atom stereocenters. The Balaban J connectivity index is 1.48. The molecular weight excluding hydrogens is 663 g/mol. The number of thiazole rings is 1. The van der Waals surface area contributed by atoms with Gasteiger partial charge >= 0.3 is 17.1 Å². The molecule has 1 fully saturated rings. The fourth-order valence-corrected chi connectivity index (χ4v) is 6.45. The van der Waals surface area contributed by atoms with Gasteiger partial charge in [-0.1, -0.05) is 35.1 Å². The van der Waals surface area contributed by atoms with Crippen molar-refractivity contribution in [2.24, 2.45) is 10.2 Å². The molecule has 1 aromatic heterocycles. The minimum atomic E-state index is -4.73. The Morgan fingerprint density at radius 1 is 1.13 bits per heavy atom. The van der Waals surface area contributed by atoms with Gasteiger partial charge in [0.1, 0.15) is 12.1 Å². The van der Waals surface area contributed by atoms with Crippen LogP contribution in [0.15, 0.2) is 51.4 Å². The number of fused-ring (bicyclic) bond motifs is 1. The summed E-state index contributed by atoms with van der Waals surface area (Å²) in [5, 5.41) is 30.0. The fraction of sp³-hybridized carbons (Fsp3) is 0.387. The molecule has 1 saturated heterocycles. The molecular formula is C31H31ClF3N5O6S. The predicted molar refractivity (Wildman–Crippen MR) is 168 cm³/mol. The molecule has 2 amide bonds. The van der Waals surface area contributed by atoms with Crippen molar-refractivity contribution < 1.29 is 37.7 Å². The van der Waals surface area contributed by atoms with Gasteiger partial charge in [0.05, 0.1) is 34.7 Å². The number of aromatic nitrogens is 1. The van der Waals surface area contributed by atoms with Crippen molar-refractivity contribution in [3.8, 4) is 5.88 Å². The zero-order valence-electron chi connectivity index (χ0n) is 25.5. The molecule has 0 radical (unpaired) electrons. The Kier molecular flexibility index (Phi) is 9.53. The van der Waals surface area contributed by atoms with E-state index < -0.39 is 59.3 Å². The Morgan fingerprint density at radius 2 is 1.87 bits per heavy atom. The topological polar surface area (TPSA) is 137 Å². The first-order valence-electron chi connectivity index (χ1n) is 14.5. The summed E-state index contributed by atoms with van der Waals surface area (Å²) >= 11 is 6.49. The number of rotatable bonds is 6. The second-order valence-corrected chi connectivity index (χ2v) is 13.4. The Morgan fingerprint density at radius 3 is 2.55 bits per heavy atom. The van der Waals surface area contributed by atoms with Crippen LogP contribution in [-0.4, -0.2) is 80.7 Å². The SMILES string of the molecule is CC(C)(C)OC(=O)N1CCN(C(=O)Cn2c(O)c(C(Cc3ccc(Cl)cc3C(F)(F)F)=c3ccc4c(c3)C=NN=4)sc2=O)C[C@@H]1CO. The molecule has 3 aromatic rings. The monoisotopic (exact) mass is 693 g/mol.